The van der Waals surface area contributed by atoms with Crippen LogP contribution in [0.2, 0.25) is 0 Å². The lowest BCUT2D eigenvalue weighted by Crippen LogP contribution is -2.55. The van der Waals surface area contributed by atoms with Gasteiger partial charge in [-0.25, -0.2) is 9.59 Å². The van der Waals surface area contributed by atoms with Gasteiger partial charge in [-0.15, -0.1) is 0 Å². The van der Waals surface area contributed by atoms with Gasteiger partial charge in [0.2, 0.25) is 0 Å². The Kier molecular flexibility index (Phi) is 8.98. The van der Waals surface area contributed by atoms with Gasteiger partial charge < -0.3 is 14.8 Å². The fourth-order valence-electron chi connectivity index (χ4n) is 4.95. The molecule has 31 heavy (non-hydrogen) atoms. The van der Waals surface area contributed by atoms with Gasteiger partial charge in [0.05, 0.1) is 7.11 Å². The maximum absolute atomic E-state index is 13.1. The number of hydrogen-bond donors (Lipinski definition) is 1. The van der Waals surface area contributed by atoms with Crippen molar-refractivity contribution < 1.29 is 19.1 Å². The van der Waals surface area contributed by atoms with E-state index in [2.05, 4.69) is 11.4 Å². The van der Waals surface area contributed by atoms with Gasteiger partial charge in [0, 0.05) is 6.42 Å². The van der Waals surface area contributed by atoms with Gasteiger partial charge in [-0.3, -0.25) is 0 Å². The lowest BCUT2D eigenvalue weighted by Gasteiger charge is -2.35. The van der Waals surface area contributed by atoms with Crippen LogP contribution in [0.3, 0.4) is 0 Å². The number of ether oxygens (including phenoxy) is 2. The molecule has 0 saturated heterocycles. The molecule has 170 valence electrons. The highest BCUT2D eigenvalue weighted by molar-refractivity contribution is 5.86. The molecule has 0 unspecified atom stereocenters. The molecule has 1 saturated carbocycles. The Morgan fingerprint density at radius 1 is 1.06 bits per heavy atom. The molecule has 1 amide bonds. The van der Waals surface area contributed by atoms with Crippen LogP contribution in [0.4, 0.5) is 4.79 Å². The Morgan fingerprint density at radius 2 is 1.84 bits per heavy atom. The maximum Gasteiger partial charge on any atom is 0.408 e. The second-order valence-corrected chi connectivity index (χ2v) is 9.09. The van der Waals surface area contributed by atoms with E-state index in [0.717, 1.165) is 31.2 Å². The minimum Gasteiger partial charge on any atom is -0.467 e. The van der Waals surface area contributed by atoms with Crippen molar-refractivity contribution in [1.29, 1.82) is 0 Å². The van der Waals surface area contributed by atoms with Crippen molar-refractivity contribution in [2.24, 2.45) is 5.92 Å². The second-order valence-electron chi connectivity index (χ2n) is 9.09. The molecule has 1 aromatic rings. The fourth-order valence-corrected chi connectivity index (χ4v) is 4.95. The first-order chi connectivity index (χ1) is 15.1. The molecule has 5 nitrogen and oxygen atoms in total. The third-order valence-electron chi connectivity index (χ3n) is 6.75. The van der Waals surface area contributed by atoms with Crippen LogP contribution < -0.4 is 5.32 Å². The van der Waals surface area contributed by atoms with E-state index in [1.807, 2.05) is 30.3 Å². The monoisotopic (exact) mass is 427 g/mol. The highest BCUT2D eigenvalue weighted by Crippen LogP contribution is 2.34. The smallest absolute Gasteiger partial charge is 0.408 e. The normalized spacial score (nSPS) is 19.1. The number of nitrogens with one attached hydrogen (secondary N) is 1. The van der Waals surface area contributed by atoms with Crippen molar-refractivity contribution in [2.45, 2.75) is 89.2 Å². The van der Waals surface area contributed by atoms with Crippen LogP contribution >= 0.6 is 0 Å². The molecule has 1 N–H and O–H groups in total. The number of hydrogen-bond acceptors (Lipinski definition) is 4. The number of methoxy groups -OCH3 is 1. The zero-order valence-corrected chi connectivity index (χ0v) is 18.9. The van der Waals surface area contributed by atoms with Gasteiger partial charge in [0.15, 0.2) is 0 Å². The number of alkyl carbamates (subject to hydrolysis) is 1. The molecule has 0 radical (unpaired) electrons. The summed E-state index contributed by atoms with van der Waals surface area (Å²) in [5.74, 6) is 0.242. The summed E-state index contributed by atoms with van der Waals surface area (Å²) in [6.07, 6.45) is 14.2. The van der Waals surface area contributed by atoms with E-state index in [0.29, 0.717) is 18.8 Å². The largest absolute Gasteiger partial charge is 0.467 e. The Hall–Kier alpha value is -2.30. The van der Waals surface area contributed by atoms with E-state index in [1.54, 1.807) is 0 Å². The summed E-state index contributed by atoms with van der Waals surface area (Å²) in [6, 6.07) is 9.58. The van der Waals surface area contributed by atoms with Crippen LogP contribution in [0.25, 0.3) is 0 Å². The summed E-state index contributed by atoms with van der Waals surface area (Å²) in [4.78, 5) is 25.9. The Labute approximate surface area is 186 Å². The van der Waals surface area contributed by atoms with Gasteiger partial charge in [0.25, 0.3) is 0 Å². The predicted molar refractivity (Wildman–Crippen MR) is 121 cm³/mol. The molecule has 0 bridgehead atoms. The molecule has 1 aromatic carbocycles. The van der Waals surface area contributed by atoms with E-state index in [-0.39, 0.29) is 12.6 Å². The highest BCUT2D eigenvalue weighted by atomic mass is 16.6. The molecule has 0 spiro atoms. The summed E-state index contributed by atoms with van der Waals surface area (Å²) in [5, 5.41) is 2.96. The third-order valence-corrected chi connectivity index (χ3v) is 6.75. The van der Waals surface area contributed by atoms with Crippen LogP contribution in [0.15, 0.2) is 42.0 Å². The highest BCUT2D eigenvalue weighted by Gasteiger charge is 2.42. The SMILES string of the molecule is COC(=O)[C@@](CCC1CCCCC1)(CC1=CCCCC1)NC(=O)OCc1ccccc1. The Balaban J connectivity index is 1.72. The number of amides is 1. The van der Waals surface area contributed by atoms with E-state index in [4.69, 9.17) is 9.47 Å². The minimum atomic E-state index is -1.07. The third kappa shape index (κ3) is 7.12. The summed E-state index contributed by atoms with van der Waals surface area (Å²) in [6.45, 7) is 0.176. The Morgan fingerprint density at radius 3 is 2.52 bits per heavy atom. The van der Waals surface area contributed by atoms with E-state index in [9.17, 15) is 9.59 Å². The molecule has 1 fully saturated rings. The molecular weight excluding hydrogens is 390 g/mol. The fraction of sp³-hybridized carbons (Fsp3) is 0.615. The molecule has 0 aliphatic heterocycles. The van der Waals surface area contributed by atoms with Gasteiger partial charge in [0.1, 0.15) is 12.1 Å². The van der Waals surface area contributed by atoms with Crippen molar-refractivity contribution in [3.05, 3.63) is 47.5 Å². The number of allylic oxidation sites excluding steroid dienone is 1. The summed E-state index contributed by atoms with van der Waals surface area (Å²) < 4.78 is 10.7. The molecule has 0 heterocycles. The second kappa shape index (κ2) is 11.9. The quantitative estimate of drug-likeness (QED) is 0.383. The van der Waals surface area contributed by atoms with Crippen molar-refractivity contribution >= 4 is 12.1 Å². The molecule has 2 aliphatic carbocycles. The van der Waals surface area contributed by atoms with Crippen LogP contribution in [0.1, 0.15) is 82.6 Å². The summed E-state index contributed by atoms with van der Waals surface area (Å²) in [5.41, 5.74) is 1.09. The zero-order valence-electron chi connectivity index (χ0n) is 18.9. The molecule has 3 rings (SSSR count). The van der Waals surface area contributed by atoms with Gasteiger partial charge in [-0.2, -0.15) is 0 Å². The molecule has 5 heteroatoms. The Bertz CT molecular complexity index is 739. The molecule has 0 aromatic heterocycles. The van der Waals surface area contributed by atoms with Gasteiger partial charge >= 0.3 is 12.1 Å². The van der Waals surface area contributed by atoms with Gasteiger partial charge in [-0.05, 0) is 50.0 Å². The maximum atomic E-state index is 13.1. The van der Waals surface area contributed by atoms with Crippen LogP contribution in [-0.2, 0) is 20.9 Å². The predicted octanol–water partition coefficient (Wildman–Crippen LogP) is 6.08. The molecule has 2 aliphatic rings. The van der Waals surface area contributed by atoms with E-state index in [1.165, 1.54) is 51.2 Å². The molecule has 1 atom stereocenters. The number of benzene rings is 1. The van der Waals surface area contributed by atoms with E-state index >= 15 is 0 Å². The lowest BCUT2D eigenvalue weighted by atomic mass is 9.78. The first-order valence-electron chi connectivity index (χ1n) is 11.9. The zero-order chi connectivity index (χ0) is 21.9. The van der Waals surface area contributed by atoms with Crippen molar-refractivity contribution in [2.75, 3.05) is 7.11 Å². The number of rotatable bonds is 9. The van der Waals surface area contributed by atoms with Crippen LogP contribution in [0.5, 0.6) is 0 Å². The van der Waals surface area contributed by atoms with Gasteiger partial charge in [-0.1, -0.05) is 74.1 Å². The average molecular weight is 428 g/mol. The average Bonchev–Trinajstić information content (AvgIpc) is 2.82. The standard InChI is InChI=1S/C26H37NO4/c1-30-24(28)26(19-22-13-7-3-8-14-22,18-17-21-11-5-2-6-12-21)27-25(29)31-20-23-15-9-4-10-16-23/h4,9-10,13,15-16,21H,2-3,5-8,11-12,14,17-20H2,1H3,(H,27,29)/t26-/m1/s1. The van der Waals surface area contributed by atoms with Crippen molar-refractivity contribution in [3.8, 4) is 0 Å². The lowest BCUT2D eigenvalue weighted by molar-refractivity contribution is -0.149. The summed E-state index contributed by atoms with van der Waals surface area (Å²) >= 11 is 0. The first-order valence-corrected chi connectivity index (χ1v) is 11.9. The van der Waals surface area contributed by atoms with Crippen molar-refractivity contribution in [3.63, 3.8) is 0 Å². The summed E-state index contributed by atoms with van der Waals surface area (Å²) in [7, 11) is 1.41. The topological polar surface area (TPSA) is 64.6 Å². The van der Waals surface area contributed by atoms with Crippen LogP contribution in [0, 0.1) is 5.92 Å². The first kappa shape index (κ1) is 23.4. The van der Waals surface area contributed by atoms with E-state index < -0.39 is 11.6 Å². The number of esters is 1. The van der Waals surface area contributed by atoms with Crippen molar-refractivity contribution in [1.82, 2.24) is 5.32 Å². The van der Waals surface area contributed by atoms with Crippen LogP contribution in [-0.4, -0.2) is 24.7 Å². The number of carbonyl (C=O) groups is 2. The minimum absolute atomic E-state index is 0.176. The number of carbonyl (C=O) groups excluding carboxylic acids is 2. The molecular formula is C26H37NO4.